The zero-order valence-corrected chi connectivity index (χ0v) is 14.6. The minimum atomic E-state index is -0.577. The maximum Gasteiger partial charge on any atom is 0.407 e. The Morgan fingerprint density at radius 2 is 1.74 bits per heavy atom. The van der Waals surface area contributed by atoms with Crippen LogP contribution in [0.3, 0.4) is 0 Å². The second kappa shape index (κ2) is 8.56. The molecule has 1 N–H and O–H groups in total. The molecule has 0 aliphatic carbocycles. The molecule has 0 aliphatic heterocycles. The summed E-state index contributed by atoms with van der Waals surface area (Å²) in [6.45, 7) is 9.64. The second-order valence-electron chi connectivity index (χ2n) is 6.28. The lowest BCUT2D eigenvalue weighted by molar-refractivity contribution is -0.144. The lowest BCUT2D eigenvalue weighted by Crippen LogP contribution is -2.36. The molecule has 1 aromatic rings. The normalized spacial score (nSPS) is 12.4. The summed E-state index contributed by atoms with van der Waals surface area (Å²) >= 11 is 0. The van der Waals surface area contributed by atoms with E-state index in [-0.39, 0.29) is 12.5 Å². The molecule has 0 saturated heterocycles. The van der Waals surface area contributed by atoms with Crippen LogP contribution in [0.2, 0.25) is 0 Å². The molecule has 1 atom stereocenters. The van der Waals surface area contributed by atoms with Gasteiger partial charge in [-0.25, -0.2) is 4.79 Å². The van der Waals surface area contributed by atoms with Gasteiger partial charge in [-0.05, 0) is 45.2 Å². The predicted molar refractivity (Wildman–Crippen MR) is 89.4 cm³/mol. The number of rotatable bonds is 6. The average Bonchev–Trinajstić information content (AvgIpc) is 2.46. The van der Waals surface area contributed by atoms with Gasteiger partial charge in [0.2, 0.25) is 0 Å². The fourth-order valence-electron chi connectivity index (χ4n) is 2.07. The molecule has 128 valence electrons. The second-order valence-corrected chi connectivity index (χ2v) is 6.28. The van der Waals surface area contributed by atoms with Crippen LogP contribution in [0.5, 0.6) is 0 Å². The smallest absolute Gasteiger partial charge is 0.407 e. The van der Waals surface area contributed by atoms with Gasteiger partial charge >= 0.3 is 12.1 Å². The summed E-state index contributed by atoms with van der Waals surface area (Å²) < 4.78 is 10.3. The number of hydrogen-bond acceptors (Lipinski definition) is 4. The number of esters is 1. The number of carbonyl (C=O) groups excluding carboxylic acids is 2. The average molecular weight is 321 g/mol. The van der Waals surface area contributed by atoms with E-state index in [4.69, 9.17) is 9.47 Å². The zero-order valence-electron chi connectivity index (χ0n) is 14.6. The summed E-state index contributed by atoms with van der Waals surface area (Å²) in [5, 5.41) is 2.64. The molecule has 0 saturated carbocycles. The SMILES string of the molecule is CCOC(=O)C(CNC(=O)OC(C)(C)C)c1ccc(CC)cc1. The van der Waals surface area contributed by atoms with E-state index in [9.17, 15) is 9.59 Å². The lowest BCUT2D eigenvalue weighted by Gasteiger charge is -2.21. The molecule has 23 heavy (non-hydrogen) atoms. The standard InChI is InChI=1S/C18H27NO4/c1-6-13-8-10-14(11-9-13)15(16(20)22-7-2)12-19-17(21)23-18(3,4)5/h8-11,15H,6-7,12H2,1-5H3,(H,19,21). The number of amides is 1. The lowest BCUT2D eigenvalue weighted by atomic mass is 9.97. The summed E-state index contributed by atoms with van der Waals surface area (Å²) in [5.74, 6) is -0.902. The van der Waals surface area contributed by atoms with Crippen molar-refractivity contribution in [3.05, 3.63) is 35.4 Å². The van der Waals surface area contributed by atoms with E-state index in [0.29, 0.717) is 6.61 Å². The van der Waals surface area contributed by atoms with E-state index < -0.39 is 17.6 Å². The Morgan fingerprint density at radius 1 is 1.13 bits per heavy atom. The fourth-order valence-corrected chi connectivity index (χ4v) is 2.07. The molecule has 0 aliphatic rings. The molecule has 0 spiro atoms. The van der Waals surface area contributed by atoms with Gasteiger partial charge < -0.3 is 14.8 Å². The van der Waals surface area contributed by atoms with Crippen molar-refractivity contribution in [1.29, 1.82) is 0 Å². The third-order valence-electron chi connectivity index (χ3n) is 3.21. The molecule has 5 heteroatoms. The van der Waals surface area contributed by atoms with Gasteiger partial charge in [0.15, 0.2) is 0 Å². The van der Waals surface area contributed by atoms with Crippen molar-refractivity contribution in [2.45, 2.75) is 52.6 Å². The molecule has 5 nitrogen and oxygen atoms in total. The van der Waals surface area contributed by atoms with Gasteiger partial charge in [0, 0.05) is 6.54 Å². The Hall–Kier alpha value is -2.04. The van der Waals surface area contributed by atoms with E-state index in [1.165, 1.54) is 5.56 Å². The van der Waals surface area contributed by atoms with Crippen LogP contribution in [-0.4, -0.2) is 30.8 Å². The number of aryl methyl sites for hydroxylation is 1. The number of carbonyl (C=O) groups is 2. The highest BCUT2D eigenvalue weighted by Crippen LogP contribution is 2.18. The van der Waals surface area contributed by atoms with Gasteiger partial charge in [0.05, 0.1) is 12.5 Å². The van der Waals surface area contributed by atoms with Crippen LogP contribution in [0, 0.1) is 0 Å². The minimum absolute atomic E-state index is 0.138. The van der Waals surface area contributed by atoms with Crippen LogP contribution < -0.4 is 5.32 Å². The van der Waals surface area contributed by atoms with Crippen molar-refractivity contribution in [2.75, 3.05) is 13.2 Å². The van der Waals surface area contributed by atoms with Gasteiger partial charge in [-0.15, -0.1) is 0 Å². The number of benzene rings is 1. The van der Waals surface area contributed by atoms with Crippen LogP contribution in [0.4, 0.5) is 4.79 Å². The Labute approximate surface area is 138 Å². The molecule has 0 aromatic heterocycles. The first-order valence-corrected chi connectivity index (χ1v) is 7.99. The van der Waals surface area contributed by atoms with E-state index in [0.717, 1.165) is 12.0 Å². The summed E-state index contributed by atoms with van der Waals surface area (Å²) in [6.07, 6.45) is 0.387. The Balaban J connectivity index is 2.80. The van der Waals surface area contributed by atoms with Crippen molar-refractivity contribution in [3.8, 4) is 0 Å². The molecule has 1 amide bonds. The largest absolute Gasteiger partial charge is 0.465 e. The van der Waals surface area contributed by atoms with Gasteiger partial charge in [0.25, 0.3) is 0 Å². The molecular weight excluding hydrogens is 294 g/mol. The predicted octanol–water partition coefficient (Wildman–Crippen LogP) is 3.42. The van der Waals surface area contributed by atoms with E-state index in [1.807, 2.05) is 24.3 Å². The van der Waals surface area contributed by atoms with Crippen molar-refractivity contribution < 1.29 is 19.1 Å². The molecule has 1 rings (SSSR count). The van der Waals surface area contributed by atoms with Gasteiger partial charge in [-0.1, -0.05) is 31.2 Å². The molecule has 0 bridgehead atoms. The van der Waals surface area contributed by atoms with E-state index >= 15 is 0 Å². The fraction of sp³-hybridized carbons (Fsp3) is 0.556. The minimum Gasteiger partial charge on any atom is -0.465 e. The highest BCUT2D eigenvalue weighted by molar-refractivity contribution is 5.79. The first kappa shape index (κ1) is 19.0. The number of nitrogens with one attached hydrogen (secondary N) is 1. The molecule has 0 heterocycles. The quantitative estimate of drug-likeness (QED) is 0.815. The van der Waals surface area contributed by atoms with E-state index in [1.54, 1.807) is 27.7 Å². The van der Waals surface area contributed by atoms with Crippen molar-refractivity contribution in [3.63, 3.8) is 0 Å². The van der Waals surface area contributed by atoms with Crippen LogP contribution in [0.1, 0.15) is 51.7 Å². The van der Waals surface area contributed by atoms with Gasteiger partial charge in [0.1, 0.15) is 5.60 Å². The van der Waals surface area contributed by atoms with Crippen molar-refractivity contribution in [2.24, 2.45) is 0 Å². The molecule has 0 fully saturated rings. The van der Waals surface area contributed by atoms with Crippen LogP contribution in [0.15, 0.2) is 24.3 Å². The number of hydrogen-bond donors (Lipinski definition) is 1. The monoisotopic (exact) mass is 321 g/mol. The Morgan fingerprint density at radius 3 is 2.22 bits per heavy atom. The number of ether oxygens (including phenoxy) is 2. The summed E-state index contributed by atoms with van der Waals surface area (Å²) in [6, 6.07) is 7.76. The van der Waals surface area contributed by atoms with Crippen LogP contribution in [0.25, 0.3) is 0 Å². The maximum atomic E-state index is 12.2. The van der Waals surface area contributed by atoms with Gasteiger partial charge in [-0.3, -0.25) is 4.79 Å². The van der Waals surface area contributed by atoms with Crippen molar-refractivity contribution >= 4 is 12.1 Å². The first-order chi connectivity index (χ1) is 10.8. The first-order valence-electron chi connectivity index (χ1n) is 7.99. The topological polar surface area (TPSA) is 64.6 Å². The van der Waals surface area contributed by atoms with Gasteiger partial charge in [-0.2, -0.15) is 0 Å². The number of alkyl carbamates (subject to hydrolysis) is 1. The van der Waals surface area contributed by atoms with E-state index in [2.05, 4.69) is 12.2 Å². The summed E-state index contributed by atoms with van der Waals surface area (Å²) in [7, 11) is 0. The zero-order chi connectivity index (χ0) is 17.5. The highest BCUT2D eigenvalue weighted by Gasteiger charge is 2.24. The van der Waals surface area contributed by atoms with Crippen LogP contribution in [-0.2, 0) is 20.7 Å². The molecule has 0 radical (unpaired) electrons. The summed E-state index contributed by atoms with van der Waals surface area (Å²) in [4.78, 5) is 24.0. The molecule has 1 unspecified atom stereocenters. The maximum absolute atomic E-state index is 12.2. The Kier molecular flexibility index (Phi) is 7.07. The molecule has 1 aromatic carbocycles. The third-order valence-corrected chi connectivity index (χ3v) is 3.21. The molecular formula is C18H27NO4. The van der Waals surface area contributed by atoms with Crippen molar-refractivity contribution in [1.82, 2.24) is 5.32 Å². The van der Waals surface area contributed by atoms with Crippen LogP contribution >= 0.6 is 0 Å². The third kappa shape index (κ3) is 6.72. The summed E-state index contributed by atoms with van der Waals surface area (Å²) in [5.41, 5.74) is 1.43. The highest BCUT2D eigenvalue weighted by atomic mass is 16.6. The Bertz CT molecular complexity index is 517.